The molecule has 0 aliphatic carbocycles. The number of hydrogen-bond acceptors (Lipinski definition) is 0. The first-order chi connectivity index (χ1) is 8.90. The van der Waals surface area contributed by atoms with Crippen LogP contribution in [0.4, 0.5) is 0 Å². The molecule has 0 atom stereocenters. The van der Waals surface area contributed by atoms with Crippen molar-refractivity contribution in [2.75, 3.05) is 5.88 Å². The summed E-state index contributed by atoms with van der Waals surface area (Å²) in [6.45, 7) is 0. The molecule has 18 heavy (non-hydrogen) atoms. The molecule has 0 radical (unpaired) electrons. The molecule has 0 amide bonds. The summed E-state index contributed by atoms with van der Waals surface area (Å²) in [4.78, 5) is 0. The Labute approximate surface area is 114 Å². The molecule has 0 nitrogen and oxygen atoms in total. The first-order valence-corrected chi connectivity index (χ1v) is 6.80. The highest BCUT2D eigenvalue weighted by atomic mass is 35.5. The number of alkyl halides is 1. The van der Waals surface area contributed by atoms with Crippen molar-refractivity contribution in [1.82, 2.24) is 0 Å². The largest absolute Gasteiger partial charge is 0.127 e. The maximum Gasteiger partial charge on any atom is 0.0226 e. The van der Waals surface area contributed by atoms with Crippen molar-refractivity contribution in [3.63, 3.8) is 0 Å². The molecule has 92 valence electrons. The van der Waals surface area contributed by atoms with Crippen molar-refractivity contribution < 1.29 is 0 Å². The summed E-state index contributed by atoms with van der Waals surface area (Å²) < 4.78 is 0. The van der Waals surface area contributed by atoms with Crippen LogP contribution in [0.15, 0.2) is 60.7 Å². The molecule has 0 saturated carbocycles. The summed E-state index contributed by atoms with van der Waals surface area (Å²) in [6.07, 6.45) is 4.28. The van der Waals surface area contributed by atoms with Crippen LogP contribution in [0.3, 0.4) is 0 Å². The quantitative estimate of drug-likeness (QED) is 0.507. The highest BCUT2D eigenvalue weighted by Gasteiger charge is 2.01. The summed E-state index contributed by atoms with van der Waals surface area (Å²) in [5, 5.41) is 0. The summed E-state index contributed by atoms with van der Waals surface area (Å²) >= 11 is 5.81. The van der Waals surface area contributed by atoms with Gasteiger partial charge in [0.25, 0.3) is 0 Å². The minimum absolute atomic E-state index is 0.707. The van der Waals surface area contributed by atoms with Crippen LogP contribution in [-0.2, 0) is 0 Å². The molecular formula is C17H17Cl. The molecular weight excluding hydrogens is 240 g/mol. The lowest BCUT2D eigenvalue weighted by Gasteiger charge is -2.07. The zero-order chi connectivity index (χ0) is 12.6. The standard InChI is InChI=1S/C17H17Cl/c18-13-7-12-17(16-10-5-2-6-11-16)14-15-8-3-1-4-9-15/h1-6,8-11,14H,7,12-13H2/b17-14+. The second-order valence-electron chi connectivity index (χ2n) is 4.24. The van der Waals surface area contributed by atoms with Gasteiger partial charge in [0.2, 0.25) is 0 Å². The minimum atomic E-state index is 0.707. The fourth-order valence-corrected chi connectivity index (χ4v) is 2.09. The van der Waals surface area contributed by atoms with Gasteiger partial charge in [-0.3, -0.25) is 0 Å². The van der Waals surface area contributed by atoms with Gasteiger partial charge in [-0.05, 0) is 29.5 Å². The molecule has 2 rings (SSSR count). The van der Waals surface area contributed by atoms with Crippen LogP contribution in [0.5, 0.6) is 0 Å². The number of benzene rings is 2. The Hall–Kier alpha value is -1.53. The van der Waals surface area contributed by atoms with E-state index in [0.717, 1.165) is 12.8 Å². The topological polar surface area (TPSA) is 0 Å². The van der Waals surface area contributed by atoms with Crippen molar-refractivity contribution in [3.8, 4) is 0 Å². The maximum absolute atomic E-state index is 5.81. The van der Waals surface area contributed by atoms with Gasteiger partial charge >= 0.3 is 0 Å². The first-order valence-electron chi connectivity index (χ1n) is 6.27. The molecule has 0 aliphatic rings. The lowest BCUT2D eigenvalue weighted by Crippen LogP contribution is -1.86. The fourth-order valence-electron chi connectivity index (χ4n) is 1.96. The number of halogens is 1. The van der Waals surface area contributed by atoms with Crippen LogP contribution in [0, 0.1) is 0 Å². The molecule has 0 aromatic heterocycles. The van der Waals surface area contributed by atoms with Gasteiger partial charge in [-0.1, -0.05) is 66.7 Å². The van der Waals surface area contributed by atoms with Crippen molar-refractivity contribution >= 4 is 23.3 Å². The van der Waals surface area contributed by atoms with Crippen molar-refractivity contribution in [2.24, 2.45) is 0 Å². The Kier molecular flexibility index (Phi) is 5.04. The third kappa shape index (κ3) is 3.75. The van der Waals surface area contributed by atoms with E-state index >= 15 is 0 Å². The Morgan fingerprint density at radius 1 is 0.889 bits per heavy atom. The summed E-state index contributed by atoms with van der Waals surface area (Å²) in [6, 6.07) is 20.9. The molecule has 0 spiro atoms. The molecule has 0 heterocycles. The SMILES string of the molecule is ClCCC/C(=C\c1ccccc1)c1ccccc1. The Morgan fingerprint density at radius 2 is 1.50 bits per heavy atom. The van der Waals surface area contributed by atoms with Crippen LogP contribution < -0.4 is 0 Å². The van der Waals surface area contributed by atoms with Gasteiger partial charge in [0.05, 0.1) is 0 Å². The molecule has 0 saturated heterocycles. The number of hydrogen-bond donors (Lipinski definition) is 0. The normalized spacial score (nSPS) is 11.5. The second-order valence-corrected chi connectivity index (χ2v) is 4.62. The average molecular weight is 257 g/mol. The van der Waals surface area contributed by atoms with E-state index in [0.29, 0.717) is 5.88 Å². The third-order valence-electron chi connectivity index (χ3n) is 2.86. The van der Waals surface area contributed by atoms with Gasteiger partial charge < -0.3 is 0 Å². The van der Waals surface area contributed by atoms with E-state index in [2.05, 4.69) is 54.6 Å². The van der Waals surface area contributed by atoms with Crippen LogP contribution >= 0.6 is 11.6 Å². The van der Waals surface area contributed by atoms with Gasteiger partial charge in [0, 0.05) is 5.88 Å². The maximum atomic E-state index is 5.81. The van der Waals surface area contributed by atoms with Gasteiger partial charge in [0.1, 0.15) is 0 Å². The molecule has 0 aliphatic heterocycles. The fraction of sp³-hybridized carbons (Fsp3) is 0.176. The van der Waals surface area contributed by atoms with E-state index in [-0.39, 0.29) is 0 Å². The molecule has 2 aromatic carbocycles. The van der Waals surface area contributed by atoms with E-state index in [4.69, 9.17) is 11.6 Å². The van der Waals surface area contributed by atoms with Crippen LogP contribution in [-0.4, -0.2) is 5.88 Å². The predicted molar refractivity (Wildman–Crippen MR) is 80.7 cm³/mol. The smallest absolute Gasteiger partial charge is 0.0226 e. The highest BCUT2D eigenvalue weighted by Crippen LogP contribution is 2.23. The lowest BCUT2D eigenvalue weighted by molar-refractivity contribution is 0.984. The van der Waals surface area contributed by atoms with Gasteiger partial charge in [0.15, 0.2) is 0 Å². The molecule has 0 fully saturated rings. The zero-order valence-corrected chi connectivity index (χ0v) is 11.1. The predicted octanol–water partition coefficient (Wildman–Crippen LogP) is 5.25. The Bertz CT molecular complexity index is 486. The average Bonchev–Trinajstić information content (AvgIpc) is 2.45. The van der Waals surface area contributed by atoms with Crippen LogP contribution in [0.1, 0.15) is 24.0 Å². The number of allylic oxidation sites excluding steroid dienone is 1. The van der Waals surface area contributed by atoms with E-state index in [9.17, 15) is 0 Å². The monoisotopic (exact) mass is 256 g/mol. The van der Waals surface area contributed by atoms with Gasteiger partial charge in [-0.15, -0.1) is 11.6 Å². The first kappa shape index (κ1) is 12.9. The van der Waals surface area contributed by atoms with E-state index in [1.54, 1.807) is 0 Å². The Morgan fingerprint density at radius 3 is 2.11 bits per heavy atom. The van der Waals surface area contributed by atoms with Gasteiger partial charge in [-0.25, -0.2) is 0 Å². The lowest BCUT2D eigenvalue weighted by atomic mass is 9.99. The van der Waals surface area contributed by atoms with Crippen LogP contribution in [0.2, 0.25) is 0 Å². The van der Waals surface area contributed by atoms with E-state index < -0.39 is 0 Å². The Balaban J connectivity index is 2.28. The summed E-state index contributed by atoms with van der Waals surface area (Å²) in [5.41, 5.74) is 3.87. The molecule has 2 aromatic rings. The summed E-state index contributed by atoms with van der Waals surface area (Å²) in [5.74, 6) is 0.707. The molecule has 0 N–H and O–H groups in total. The molecule has 0 unspecified atom stereocenters. The minimum Gasteiger partial charge on any atom is -0.127 e. The third-order valence-corrected chi connectivity index (χ3v) is 3.13. The second kappa shape index (κ2) is 7.03. The van der Waals surface area contributed by atoms with Gasteiger partial charge in [-0.2, -0.15) is 0 Å². The van der Waals surface area contributed by atoms with Crippen molar-refractivity contribution in [2.45, 2.75) is 12.8 Å². The van der Waals surface area contributed by atoms with Crippen molar-refractivity contribution in [3.05, 3.63) is 71.8 Å². The molecule has 0 bridgehead atoms. The summed E-state index contributed by atoms with van der Waals surface area (Å²) in [7, 11) is 0. The highest BCUT2D eigenvalue weighted by molar-refractivity contribution is 6.17. The number of rotatable bonds is 5. The van der Waals surface area contributed by atoms with Crippen molar-refractivity contribution in [1.29, 1.82) is 0 Å². The molecule has 1 heteroatoms. The van der Waals surface area contributed by atoms with E-state index in [1.165, 1.54) is 16.7 Å². The van der Waals surface area contributed by atoms with Crippen LogP contribution in [0.25, 0.3) is 11.6 Å². The zero-order valence-electron chi connectivity index (χ0n) is 10.4. The van der Waals surface area contributed by atoms with E-state index in [1.807, 2.05) is 12.1 Å².